The summed E-state index contributed by atoms with van der Waals surface area (Å²) in [5, 5.41) is -0.397. The van der Waals surface area contributed by atoms with Gasteiger partial charge in [0.15, 0.2) is 6.10 Å². The number of esters is 1. The van der Waals surface area contributed by atoms with Crippen molar-refractivity contribution >= 4 is 29.3 Å². The Bertz CT molecular complexity index is 1300. The van der Waals surface area contributed by atoms with Crippen LogP contribution in [0, 0.1) is 0 Å². The van der Waals surface area contributed by atoms with Crippen LogP contribution in [-0.2, 0) is 20.7 Å². The Morgan fingerprint density at radius 1 is 0.925 bits per heavy atom. The third-order valence-electron chi connectivity index (χ3n) is 7.04. The summed E-state index contributed by atoms with van der Waals surface area (Å²) in [5.41, 5.74) is 2.89. The average Bonchev–Trinajstić information content (AvgIpc) is 3.05. The molecule has 0 saturated heterocycles. The van der Waals surface area contributed by atoms with Crippen molar-refractivity contribution in [1.82, 2.24) is 0 Å². The molecule has 40 heavy (non-hydrogen) atoms. The molecule has 0 aliphatic carbocycles. The van der Waals surface area contributed by atoms with Crippen LogP contribution in [-0.4, -0.2) is 70.4 Å². The normalized spacial score (nSPS) is 16.8. The van der Waals surface area contributed by atoms with E-state index in [4.69, 9.17) is 14.2 Å². The van der Waals surface area contributed by atoms with Gasteiger partial charge in [-0.1, -0.05) is 42.5 Å². The molecular formula is C31H37IN2O5S. The largest absolute Gasteiger partial charge is 1.00 e. The number of nitrogens with zero attached hydrogens (tertiary/aromatic N) is 2. The zero-order chi connectivity index (χ0) is 28.0. The number of rotatable bonds is 10. The van der Waals surface area contributed by atoms with Crippen LogP contribution in [0.1, 0.15) is 23.3 Å². The summed E-state index contributed by atoms with van der Waals surface area (Å²) in [6.07, 6.45) is -0.106. The highest BCUT2D eigenvalue weighted by Crippen LogP contribution is 2.46. The van der Waals surface area contributed by atoms with Gasteiger partial charge < -0.3 is 47.6 Å². The zero-order valence-corrected chi connectivity index (χ0v) is 26.6. The molecule has 1 aliphatic rings. The number of ether oxygens (including phenoxy) is 3. The summed E-state index contributed by atoms with van der Waals surface area (Å²) in [4.78, 5) is 29.1. The number of hydrogen-bond donors (Lipinski definition) is 0. The number of carbonyl (C=O) groups excluding carboxylic acids is 2. The van der Waals surface area contributed by atoms with Crippen molar-refractivity contribution in [2.24, 2.45) is 0 Å². The van der Waals surface area contributed by atoms with Crippen molar-refractivity contribution in [3.05, 3.63) is 83.9 Å². The number of anilines is 1. The van der Waals surface area contributed by atoms with Crippen LogP contribution in [0.2, 0.25) is 0 Å². The number of quaternary nitrogens is 1. The Morgan fingerprint density at radius 3 is 2.27 bits per heavy atom. The van der Waals surface area contributed by atoms with Crippen LogP contribution in [0.4, 0.5) is 5.69 Å². The third kappa shape index (κ3) is 7.70. The molecule has 0 aromatic heterocycles. The van der Waals surface area contributed by atoms with Crippen molar-refractivity contribution in [2.75, 3.05) is 52.8 Å². The quantitative estimate of drug-likeness (QED) is 0.187. The molecule has 2 atom stereocenters. The van der Waals surface area contributed by atoms with Crippen LogP contribution in [0.5, 0.6) is 11.5 Å². The van der Waals surface area contributed by atoms with Gasteiger partial charge in [0, 0.05) is 18.2 Å². The number of methoxy groups -OCH3 is 2. The Labute approximate surface area is 258 Å². The number of carbonyl (C=O) groups is 2. The SMILES string of the molecule is COc1ccc([C@@H]2Sc3ccccc3N(CC[N+](C)(C)CCc3ccccc3OC)C(=O)[C@@H]2OC(C)=O)cc1.[I-]. The van der Waals surface area contributed by atoms with Gasteiger partial charge in [-0.05, 0) is 41.5 Å². The molecular weight excluding hydrogens is 639 g/mol. The van der Waals surface area contributed by atoms with E-state index in [0.29, 0.717) is 11.0 Å². The van der Waals surface area contributed by atoms with Gasteiger partial charge in [0.2, 0.25) is 0 Å². The maximum absolute atomic E-state index is 14.1. The van der Waals surface area contributed by atoms with Crippen molar-refractivity contribution in [1.29, 1.82) is 0 Å². The number of halogens is 1. The number of hydrogen-bond acceptors (Lipinski definition) is 6. The topological polar surface area (TPSA) is 65.1 Å². The van der Waals surface area contributed by atoms with Crippen molar-refractivity contribution < 1.29 is 52.3 Å². The molecule has 0 spiro atoms. The standard InChI is InChI=1S/C31H37N2O5S.HI/c1-22(34)38-29-30(24-14-16-25(36-4)17-15-24)39-28-13-9-7-11-26(28)32(31(29)35)19-21-33(2,3)20-18-23-10-6-8-12-27(23)37-5;/h6-17,29-30H,18-21H2,1-5H3;1H/q+1;/p-1/t29-,30+;/m1./s1. The molecule has 4 rings (SSSR count). The van der Waals surface area contributed by atoms with Gasteiger partial charge in [0.05, 0.1) is 58.9 Å². The monoisotopic (exact) mass is 676 g/mol. The lowest BCUT2D eigenvalue weighted by atomic mass is 10.1. The number of thioether (sulfide) groups is 1. The molecule has 214 valence electrons. The third-order valence-corrected chi connectivity index (χ3v) is 8.41. The van der Waals surface area contributed by atoms with E-state index < -0.39 is 17.3 Å². The van der Waals surface area contributed by atoms with Gasteiger partial charge in [-0.15, -0.1) is 11.8 Å². The fourth-order valence-electron chi connectivity index (χ4n) is 4.75. The molecule has 3 aromatic carbocycles. The second-order valence-corrected chi connectivity index (χ2v) is 11.4. The van der Waals surface area contributed by atoms with E-state index in [-0.39, 0.29) is 29.9 Å². The lowest BCUT2D eigenvalue weighted by molar-refractivity contribution is -0.888. The van der Waals surface area contributed by atoms with Crippen LogP contribution in [0.25, 0.3) is 0 Å². The van der Waals surface area contributed by atoms with E-state index in [0.717, 1.165) is 52.7 Å². The Kier molecular flexibility index (Phi) is 11.3. The lowest BCUT2D eigenvalue weighted by Crippen LogP contribution is -3.00. The van der Waals surface area contributed by atoms with Crippen LogP contribution in [0.15, 0.2) is 77.7 Å². The highest BCUT2D eigenvalue weighted by atomic mass is 127. The highest BCUT2D eigenvalue weighted by molar-refractivity contribution is 7.99. The summed E-state index contributed by atoms with van der Waals surface area (Å²) in [5.74, 6) is 0.919. The van der Waals surface area contributed by atoms with Gasteiger partial charge in [-0.25, -0.2) is 0 Å². The fourth-order valence-corrected chi connectivity index (χ4v) is 6.07. The number of likely N-dealkylation sites (N-methyl/N-ethyl adjacent to an activating group) is 1. The Balaban J connectivity index is 0.00000441. The van der Waals surface area contributed by atoms with E-state index in [1.165, 1.54) is 6.92 Å². The van der Waals surface area contributed by atoms with Crippen molar-refractivity contribution in [3.8, 4) is 11.5 Å². The van der Waals surface area contributed by atoms with Gasteiger partial charge in [0.25, 0.3) is 5.91 Å². The number of amides is 1. The van der Waals surface area contributed by atoms with E-state index >= 15 is 0 Å². The van der Waals surface area contributed by atoms with E-state index in [1.807, 2.05) is 66.7 Å². The Hall–Kier alpha value is -2.76. The lowest BCUT2D eigenvalue weighted by Gasteiger charge is -2.34. The second-order valence-electron chi connectivity index (χ2n) is 10.2. The van der Waals surface area contributed by atoms with Gasteiger partial charge in [-0.2, -0.15) is 0 Å². The summed E-state index contributed by atoms with van der Waals surface area (Å²) >= 11 is 1.55. The molecule has 1 heterocycles. The molecule has 9 heteroatoms. The first-order chi connectivity index (χ1) is 18.7. The van der Waals surface area contributed by atoms with E-state index in [9.17, 15) is 9.59 Å². The van der Waals surface area contributed by atoms with Crippen LogP contribution >= 0.6 is 11.8 Å². The fraction of sp³-hybridized carbons (Fsp3) is 0.355. The minimum Gasteiger partial charge on any atom is -1.00 e. The molecule has 1 aliphatic heterocycles. The van der Waals surface area contributed by atoms with E-state index in [1.54, 1.807) is 30.9 Å². The minimum absolute atomic E-state index is 0. The second kappa shape index (κ2) is 14.2. The molecule has 0 bridgehead atoms. The summed E-state index contributed by atoms with van der Waals surface area (Å²) < 4.78 is 17.3. The Morgan fingerprint density at radius 2 is 1.60 bits per heavy atom. The summed E-state index contributed by atoms with van der Waals surface area (Å²) in [6, 6.07) is 23.6. The molecule has 1 amide bonds. The molecule has 0 N–H and O–H groups in total. The van der Waals surface area contributed by atoms with E-state index in [2.05, 4.69) is 20.2 Å². The number of benzene rings is 3. The molecule has 3 aromatic rings. The minimum atomic E-state index is -0.961. The molecule has 0 fully saturated rings. The van der Waals surface area contributed by atoms with Crippen LogP contribution < -0.4 is 38.4 Å². The van der Waals surface area contributed by atoms with Gasteiger partial charge in [0.1, 0.15) is 11.5 Å². The smallest absolute Gasteiger partial charge is 0.303 e. The number of para-hydroxylation sites is 2. The molecule has 7 nitrogen and oxygen atoms in total. The first-order valence-corrected chi connectivity index (χ1v) is 13.9. The maximum atomic E-state index is 14.1. The van der Waals surface area contributed by atoms with Gasteiger partial charge in [-0.3, -0.25) is 9.59 Å². The number of fused-ring (bicyclic) bond motifs is 1. The highest BCUT2D eigenvalue weighted by Gasteiger charge is 2.41. The average molecular weight is 677 g/mol. The summed E-state index contributed by atoms with van der Waals surface area (Å²) in [7, 11) is 7.65. The van der Waals surface area contributed by atoms with Crippen LogP contribution in [0.3, 0.4) is 0 Å². The van der Waals surface area contributed by atoms with Gasteiger partial charge >= 0.3 is 5.97 Å². The first-order valence-electron chi connectivity index (χ1n) is 13.0. The first kappa shape index (κ1) is 31.8. The maximum Gasteiger partial charge on any atom is 0.303 e. The molecule has 0 unspecified atom stereocenters. The van der Waals surface area contributed by atoms with Crippen molar-refractivity contribution in [2.45, 2.75) is 29.6 Å². The zero-order valence-electron chi connectivity index (χ0n) is 23.6. The van der Waals surface area contributed by atoms with Crippen molar-refractivity contribution in [3.63, 3.8) is 0 Å². The molecule has 0 radical (unpaired) electrons. The predicted octanol–water partition coefficient (Wildman–Crippen LogP) is 2.14. The molecule has 0 saturated carbocycles. The summed E-state index contributed by atoms with van der Waals surface area (Å²) in [6.45, 7) is 3.44. The predicted molar refractivity (Wildman–Crippen MR) is 154 cm³/mol.